The van der Waals surface area contributed by atoms with Crippen LogP contribution in [0.5, 0.6) is 0 Å². The van der Waals surface area contributed by atoms with Gasteiger partial charge in [-0.3, -0.25) is 9.48 Å². The van der Waals surface area contributed by atoms with Crippen LogP contribution >= 0.6 is 0 Å². The molecule has 0 bridgehead atoms. The number of nitrogens with one attached hydrogen (secondary N) is 1. The summed E-state index contributed by atoms with van der Waals surface area (Å²) < 4.78 is 89.2. The molecule has 3 N–H and O–H groups in total. The number of halogens is 5. The molecule has 39 heavy (non-hydrogen) atoms. The van der Waals surface area contributed by atoms with Crippen LogP contribution in [0.4, 0.5) is 33.6 Å². The SMILES string of the molecule is [2H]C([2H])([2H])n1ncc2c(-c3nc(N)c4c(n3)NC(=O)C4(C)c3ccc(C#N)cc3)nc(CCC(F)(F)C(F)(F)F)nc21. The van der Waals surface area contributed by atoms with E-state index in [9.17, 15) is 26.7 Å². The molecule has 0 spiro atoms. The molecule has 1 atom stereocenters. The van der Waals surface area contributed by atoms with Gasteiger partial charge in [0.15, 0.2) is 11.5 Å². The maximum Gasteiger partial charge on any atom is 0.453 e. The average molecular weight is 546 g/mol. The zero-order chi connectivity index (χ0) is 30.8. The second-order valence-corrected chi connectivity index (χ2v) is 8.91. The van der Waals surface area contributed by atoms with E-state index in [-0.39, 0.29) is 39.8 Å². The Morgan fingerprint density at radius 1 is 1.15 bits per heavy atom. The van der Waals surface area contributed by atoms with E-state index in [1.807, 2.05) is 6.07 Å². The number of nitriles is 1. The molecule has 10 nitrogen and oxygen atoms in total. The molecule has 200 valence electrons. The van der Waals surface area contributed by atoms with E-state index in [1.165, 1.54) is 12.1 Å². The molecule has 4 aromatic rings. The van der Waals surface area contributed by atoms with E-state index in [2.05, 4.69) is 30.4 Å². The number of rotatable bonds is 5. The van der Waals surface area contributed by atoms with Gasteiger partial charge < -0.3 is 11.1 Å². The van der Waals surface area contributed by atoms with Crippen molar-refractivity contribution in [3.8, 4) is 17.6 Å². The number of hydrogen-bond donors (Lipinski definition) is 2. The number of carbonyl (C=O) groups excluding carboxylic acids is 1. The summed E-state index contributed by atoms with van der Waals surface area (Å²) >= 11 is 0. The molecule has 1 aromatic carbocycles. The number of fused-ring (bicyclic) bond motifs is 2. The van der Waals surface area contributed by atoms with Crippen molar-refractivity contribution in [3.63, 3.8) is 0 Å². The third kappa shape index (κ3) is 4.08. The molecule has 1 aliphatic rings. The quantitative estimate of drug-likeness (QED) is 0.361. The lowest BCUT2D eigenvalue weighted by Crippen LogP contribution is -2.36. The Kier molecular flexibility index (Phi) is 4.94. The van der Waals surface area contributed by atoms with Crippen molar-refractivity contribution in [3.05, 3.63) is 53.0 Å². The molecule has 5 rings (SSSR count). The van der Waals surface area contributed by atoms with E-state index < -0.39 is 49.1 Å². The molecule has 0 aliphatic carbocycles. The van der Waals surface area contributed by atoms with E-state index in [0.717, 1.165) is 6.20 Å². The Bertz CT molecular complexity index is 1780. The molecule has 1 aliphatic heterocycles. The van der Waals surface area contributed by atoms with Crippen LogP contribution in [0.15, 0.2) is 30.5 Å². The summed E-state index contributed by atoms with van der Waals surface area (Å²) in [4.78, 5) is 29.7. The summed E-state index contributed by atoms with van der Waals surface area (Å²) in [7, 11) is 0. The minimum Gasteiger partial charge on any atom is -0.383 e. The molecular formula is C24H18F5N9O. The van der Waals surface area contributed by atoms with Gasteiger partial charge in [-0.05, 0) is 24.6 Å². The van der Waals surface area contributed by atoms with Gasteiger partial charge in [-0.1, -0.05) is 12.1 Å². The van der Waals surface area contributed by atoms with Crippen molar-refractivity contribution >= 4 is 28.6 Å². The number of carbonyl (C=O) groups is 1. The highest BCUT2D eigenvalue weighted by atomic mass is 19.4. The van der Waals surface area contributed by atoms with Crippen molar-refractivity contribution in [2.75, 3.05) is 11.1 Å². The Morgan fingerprint density at radius 2 is 1.87 bits per heavy atom. The minimum atomic E-state index is -5.82. The molecule has 4 heterocycles. The van der Waals surface area contributed by atoms with Gasteiger partial charge in [-0.25, -0.2) is 19.9 Å². The molecule has 1 amide bonds. The summed E-state index contributed by atoms with van der Waals surface area (Å²) in [6, 6.07) is 8.15. The van der Waals surface area contributed by atoms with Gasteiger partial charge in [0.05, 0.1) is 28.8 Å². The van der Waals surface area contributed by atoms with Crippen molar-refractivity contribution in [1.29, 1.82) is 5.26 Å². The van der Waals surface area contributed by atoms with E-state index in [0.29, 0.717) is 15.8 Å². The van der Waals surface area contributed by atoms with Crippen molar-refractivity contribution < 1.29 is 30.9 Å². The third-order valence-electron chi connectivity index (χ3n) is 6.48. The highest BCUT2D eigenvalue weighted by molar-refractivity contribution is 6.09. The standard InChI is InChI=1S/C24H18F5N9O/c1-22(12-5-3-11(9-30)4-6-12)15-17(31)35-19(36-18(15)37-21(22)39)16-13-10-32-38(2)20(13)34-14(33-16)7-8-23(25,26)24(27,28)29/h3-6,10H,7-8H2,1-2H3,(H3,31,35,36,37,39)/i2D3. The number of aryl methyl sites for hydroxylation is 2. The summed E-state index contributed by atoms with van der Waals surface area (Å²) in [5.41, 5.74) is 5.28. The highest BCUT2D eigenvalue weighted by Crippen LogP contribution is 2.45. The van der Waals surface area contributed by atoms with Crippen molar-refractivity contribution in [2.45, 2.75) is 37.3 Å². The van der Waals surface area contributed by atoms with E-state index in [4.69, 9.17) is 15.1 Å². The Morgan fingerprint density at radius 3 is 2.51 bits per heavy atom. The first-order chi connectivity index (χ1) is 19.5. The number of amides is 1. The second-order valence-electron chi connectivity index (χ2n) is 8.91. The van der Waals surface area contributed by atoms with Gasteiger partial charge in [-0.15, -0.1) is 0 Å². The number of alkyl halides is 5. The number of hydrogen-bond acceptors (Lipinski definition) is 8. The number of nitrogens with zero attached hydrogens (tertiary/aromatic N) is 7. The summed E-state index contributed by atoms with van der Waals surface area (Å²) in [5.74, 6) is -6.67. The summed E-state index contributed by atoms with van der Waals surface area (Å²) in [6.07, 6.45) is -7.47. The number of anilines is 2. The molecule has 0 saturated heterocycles. The zero-order valence-corrected chi connectivity index (χ0v) is 19.8. The monoisotopic (exact) mass is 546 g/mol. The van der Waals surface area contributed by atoms with Crippen molar-refractivity contribution in [1.82, 2.24) is 29.7 Å². The number of nitrogens with two attached hydrogens (primary N) is 1. The Hall–Kier alpha value is -4.74. The van der Waals surface area contributed by atoms with Crippen LogP contribution in [0.1, 0.15) is 40.0 Å². The normalized spacial score (nSPS) is 18.7. The fourth-order valence-electron chi connectivity index (χ4n) is 4.31. The molecule has 0 fully saturated rings. The van der Waals surface area contributed by atoms with Crippen LogP contribution in [-0.4, -0.2) is 47.7 Å². The van der Waals surface area contributed by atoms with Gasteiger partial charge in [0.2, 0.25) is 5.91 Å². The molecule has 3 aromatic heterocycles. The first-order valence-electron chi connectivity index (χ1n) is 12.7. The van der Waals surface area contributed by atoms with Crippen molar-refractivity contribution in [2.24, 2.45) is 6.98 Å². The van der Waals surface area contributed by atoms with Gasteiger partial charge in [-0.2, -0.15) is 32.3 Å². The maximum absolute atomic E-state index is 13.7. The largest absolute Gasteiger partial charge is 0.453 e. The van der Waals surface area contributed by atoms with Crippen LogP contribution < -0.4 is 11.1 Å². The number of aromatic nitrogens is 6. The van der Waals surface area contributed by atoms with Crippen LogP contribution in [0.25, 0.3) is 22.6 Å². The maximum atomic E-state index is 13.7. The molecule has 0 saturated carbocycles. The number of benzene rings is 1. The second kappa shape index (κ2) is 8.65. The topological polar surface area (TPSA) is 148 Å². The fraction of sp³-hybridized carbons (Fsp3) is 0.292. The lowest BCUT2D eigenvalue weighted by atomic mass is 9.77. The molecule has 0 radical (unpaired) electrons. The predicted molar refractivity (Wildman–Crippen MR) is 127 cm³/mol. The summed E-state index contributed by atoms with van der Waals surface area (Å²) in [6.45, 7) is -1.33. The van der Waals surface area contributed by atoms with Crippen LogP contribution in [0, 0.1) is 11.3 Å². The molecule has 1 unspecified atom stereocenters. The Labute approximate surface area is 220 Å². The third-order valence-corrected chi connectivity index (χ3v) is 6.48. The van der Waals surface area contributed by atoms with Gasteiger partial charge in [0.1, 0.15) is 28.6 Å². The fourth-order valence-corrected chi connectivity index (χ4v) is 4.31. The predicted octanol–water partition coefficient (Wildman–Crippen LogP) is 3.66. The van der Waals surface area contributed by atoms with Crippen LogP contribution in [0.2, 0.25) is 0 Å². The van der Waals surface area contributed by atoms with Crippen LogP contribution in [0.3, 0.4) is 0 Å². The van der Waals surface area contributed by atoms with E-state index in [1.54, 1.807) is 19.1 Å². The molecular weight excluding hydrogens is 525 g/mol. The van der Waals surface area contributed by atoms with Gasteiger partial charge in [0.25, 0.3) is 0 Å². The highest BCUT2D eigenvalue weighted by Gasteiger charge is 2.56. The zero-order valence-electron chi connectivity index (χ0n) is 22.8. The first-order valence-corrected chi connectivity index (χ1v) is 11.2. The first kappa shape index (κ1) is 22.3. The van der Waals surface area contributed by atoms with Gasteiger partial charge in [0, 0.05) is 23.9 Å². The molecule has 15 heteroatoms. The van der Waals surface area contributed by atoms with Gasteiger partial charge >= 0.3 is 12.1 Å². The van der Waals surface area contributed by atoms with Crippen LogP contribution in [-0.2, 0) is 23.6 Å². The number of nitrogen functional groups attached to an aromatic ring is 1. The van der Waals surface area contributed by atoms with E-state index >= 15 is 0 Å². The smallest absolute Gasteiger partial charge is 0.383 e. The average Bonchev–Trinajstić information content (AvgIpc) is 3.45. The lowest BCUT2D eigenvalue weighted by molar-refractivity contribution is -0.284. The minimum absolute atomic E-state index is 0.0329. The lowest BCUT2D eigenvalue weighted by Gasteiger charge is -2.23. The summed E-state index contributed by atoms with van der Waals surface area (Å²) in [5, 5.41) is 15.4. The Balaban J connectivity index is 1.65.